The molecule has 2 rings (SSSR count). The zero-order chi connectivity index (χ0) is 15.2. The average molecular weight is 414 g/mol. The molecular formula is C17H18Br2O2. The minimum Gasteiger partial charge on any atom is -0.490 e. The normalized spacial score (nSPS) is 12.0. The van der Waals surface area contributed by atoms with Crippen LogP contribution < -0.4 is 9.47 Å². The van der Waals surface area contributed by atoms with Crippen LogP contribution in [0, 0.1) is 0 Å². The fourth-order valence-corrected chi connectivity index (χ4v) is 3.59. The Labute approximate surface area is 142 Å². The molecule has 0 bridgehead atoms. The molecule has 2 aromatic carbocycles. The Kier molecular flexibility index (Phi) is 6.12. The first kappa shape index (κ1) is 16.4. The molecule has 0 aliphatic carbocycles. The zero-order valence-electron chi connectivity index (χ0n) is 12.1. The first-order valence-electron chi connectivity index (χ1n) is 6.95. The smallest absolute Gasteiger partial charge is 0.161 e. The van der Waals surface area contributed by atoms with Crippen LogP contribution in [-0.4, -0.2) is 13.2 Å². The van der Waals surface area contributed by atoms with Crippen molar-refractivity contribution < 1.29 is 9.47 Å². The molecule has 0 heterocycles. The van der Waals surface area contributed by atoms with Gasteiger partial charge in [0.15, 0.2) is 11.5 Å². The first-order valence-corrected chi connectivity index (χ1v) is 8.66. The summed E-state index contributed by atoms with van der Waals surface area (Å²) in [5, 5.41) is 0. The molecule has 0 N–H and O–H groups in total. The summed E-state index contributed by atoms with van der Waals surface area (Å²) in [5.41, 5.74) is 2.32. The van der Waals surface area contributed by atoms with E-state index in [2.05, 4.69) is 44.0 Å². The molecule has 21 heavy (non-hydrogen) atoms. The highest BCUT2D eigenvalue weighted by Crippen LogP contribution is 2.39. The Bertz CT molecular complexity index is 599. The molecule has 0 fully saturated rings. The predicted octanol–water partition coefficient (Wildman–Crippen LogP) is 5.73. The van der Waals surface area contributed by atoms with E-state index in [1.165, 1.54) is 5.56 Å². The van der Waals surface area contributed by atoms with Crippen molar-refractivity contribution in [2.45, 2.75) is 18.7 Å². The van der Waals surface area contributed by atoms with E-state index in [1.807, 2.05) is 44.2 Å². The number of hydrogen-bond donors (Lipinski definition) is 0. The third kappa shape index (κ3) is 4.01. The summed E-state index contributed by atoms with van der Waals surface area (Å²) >= 11 is 7.36. The van der Waals surface area contributed by atoms with Crippen LogP contribution in [0.3, 0.4) is 0 Å². The van der Waals surface area contributed by atoms with Gasteiger partial charge in [0, 0.05) is 4.47 Å². The Balaban J connectivity index is 2.35. The third-order valence-electron chi connectivity index (χ3n) is 3.04. The second-order valence-electron chi connectivity index (χ2n) is 4.46. The van der Waals surface area contributed by atoms with Crippen molar-refractivity contribution in [2.75, 3.05) is 13.2 Å². The molecule has 2 nitrogen and oxygen atoms in total. The van der Waals surface area contributed by atoms with E-state index in [-0.39, 0.29) is 4.83 Å². The van der Waals surface area contributed by atoms with E-state index in [0.29, 0.717) is 13.2 Å². The van der Waals surface area contributed by atoms with Crippen LogP contribution in [-0.2, 0) is 0 Å². The van der Waals surface area contributed by atoms with Crippen molar-refractivity contribution in [2.24, 2.45) is 0 Å². The molecule has 2 aromatic rings. The van der Waals surface area contributed by atoms with Crippen molar-refractivity contribution in [1.29, 1.82) is 0 Å². The fourth-order valence-electron chi connectivity index (χ4n) is 2.09. The monoisotopic (exact) mass is 412 g/mol. The van der Waals surface area contributed by atoms with E-state index < -0.39 is 0 Å². The van der Waals surface area contributed by atoms with Gasteiger partial charge in [-0.3, -0.25) is 0 Å². The van der Waals surface area contributed by atoms with Gasteiger partial charge in [0.2, 0.25) is 0 Å². The van der Waals surface area contributed by atoms with Crippen molar-refractivity contribution in [3.05, 3.63) is 58.1 Å². The lowest BCUT2D eigenvalue weighted by atomic mass is 10.0. The van der Waals surface area contributed by atoms with Gasteiger partial charge < -0.3 is 9.47 Å². The third-order valence-corrected chi connectivity index (χ3v) is 4.78. The number of alkyl halides is 1. The fraction of sp³-hybridized carbons (Fsp3) is 0.294. The quantitative estimate of drug-likeness (QED) is 0.563. The maximum atomic E-state index is 5.69. The number of rotatable bonds is 6. The molecule has 1 atom stereocenters. The molecule has 112 valence electrons. The number of ether oxygens (including phenoxy) is 2. The molecule has 0 aliphatic heterocycles. The van der Waals surface area contributed by atoms with Crippen LogP contribution in [0.15, 0.2) is 46.9 Å². The van der Waals surface area contributed by atoms with Crippen molar-refractivity contribution in [3.63, 3.8) is 0 Å². The van der Waals surface area contributed by atoms with Gasteiger partial charge in [0.05, 0.1) is 18.0 Å². The SMILES string of the molecule is CCOc1ccc(C(Br)c2ccccc2Br)cc1OCC. The highest BCUT2D eigenvalue weighted by atomic mass is 79.9. The number of benzene rings is 2. The van der Waals surface area contributed by atoms with Crippen molar-refractivity contribution in [3.8, 4) is 11.5 Å². The highest BCUT2D eigenvalue weighted by Gasteiger charge is 2.16. The molecule has 0 amide bonds. The average Bonchev–Trinajstić information content (AvgIpc) is 2.49. The molecule has 0 saturated heterocycles. The summed E-state index contributed by atoms with van der Waals surface area (Å²) < 4.78 is 12.4. The van der Waals surface area contributed by atoms with Gasteiger partial charge in [-0.05, 0) is 43.2 Å². The van der Waals surface area contributed by atoms with Crippen LogP contribution in [0.1, 0.15) is 29.8 Å². The van der Waals surface area contributed by atoms with E-state index in [0.717, 1.165) is 21.5 Å². The molecule has 0 aliphatic rings. The minimum atomic E-state index is 0.1000. The Morgan fingerprint density at radius 2 is 1.62 bits per heavy atom. The Morgan fingerprint density at radius 3 is 2.29 bits per heavy atom. The van der Waals surface area contributed by atoms with Gasteiger partial charge in [0.1, 0.15) is 0 Å². The predicted molar refractivity (Wildman–Crippen MR) is 93.7 cm³/mol. The van der Waals surface area contributed by atoms with Crippen LogP contribution in [0.25, 0.3) is 0 Å². The van der Waals surface area contributed by atoms with E-state index in [9.17, 15) is 0 Å². The highest BCUT2D eigenvalue weighted by molar-refractivity contribution is 9.11. The van der Waals surface area contributed by atoms with E-state index >= 15 is 0 Å². The summed E-state index contributed by atoms with van der Waals surface area (Å²) in [6.07, 6.45) is 0. The zero-order valence-corrected chi connectivity index (χ0v) is 15.3. The summed E-state index contributed by atoms with van der Waals surface area (Å²) in [4.78, 5) is 0.1000. The lowest BCUT2D eigenvalue weighted by molar-refractivity contribution is 0.287. The maximum absolute atomic E-state index is 5.69. The summed E-state index contributed by atoms with van der Waals surface area (Å²) in [5.74, 6) is 1.57. The summed E-state index contributed by atoms with van der Waals surface area (Å²) in [7, 11) is 0. The molecule has 4 heteroatoms. The summed E-state index contributed by atoms with van der Waals surface area (Å²) in [6, 6.07) is 14.3. The van der Waals surface area contributed by atoms with Crippen molar-refractivity contribution >= 4 is 31.9 Å². The van der Waals surface area contributed by atoms with E-state index in [4.69, 9.17) is 9.47 Å². The largest absolute Gasteiger partial charge is 0.490 e. The van der Waals surface area contributed by atoms with Crippen LogP contribution in [0.2, 0.25) is 0 Å². The van der Waals surface area contributed by atoms with Gasteiger partial charge in [0.25, 0.3) is 0 Å². The van der Waals surface area contributed by atoms with E-state index in [1.54, 1.807) is 0 Å². The Morgan fingerprint density at radius 1 is 0.952 bits per heavy atom. The molecule has 0 spiro atoms. The number of hydrogen-bond acceptors (Lipinski definition) is 2. The molecular weight excluding hydrogens is 396 g/mol. The van der Waals surface area contributed by atoms with Crippen molar-refractivity contribution in [1.82, 2.24) is 0 Å². The maximum Gasteiger partial charge on any atom is 0.161 e. The molecule has 1 unspecified atom stereocenters. The Hall–Kier alpha value is -1.00. The van der Waals surface area contributed by atoms with Crippen LogP contribution in [0.5, 0.6) is 11.5 Å². The van der Waals surface area contributed by atoms with Gasteiger partial charge in [-0.15, -0.1) is 0 Å². The van der Waals surface area contributed by atoms with Gasteiger partial charge in [-0.1, -0.05) is 56.1 Å². The minimum absolute atomic E-state index is 0.1000. The van der Waals surface area contributed by atoms with Gasteiger partial charge in [-0.2, -0.15) is 0 Å². The molecule has 0 saturated carbocycles. The number of halogens is 2. The second-order valence-corrected chi connectivity index (χ2v) is 6.23. The van der Waals surface area contributed by atoms with Gasteiger partial charge >= 0.3 is 0 Å². The lowest BCUT2D eigenvalue weighted by Gasteiger charge is -2.16. The second kappa shape index (κ2) is 7.85. The summed E-state index contributed by atoms with van der Waals surface area (Å²) in [6.45, 7) is 5.19. The molecule has 0 radical (unpaired) electrons. The van der Waals surface area contributed by atoms with Gasteiger partial charge in [-0.25, -0.2) is 0 Å². The van der Waals surface area contributed by atoms with Crippen LogP contribution >= 0.6 is 31.9 Å². The first-order chi connectivity index (χ1) is 10.2. The lowest BCUT2D eigenvalue weighted by Crippen LogP contribution is -2.01. The molecule has 0 aromatic heterocycles. The van der Waals surface area contributed by atoms with Crippen LogP contribution in [0.4, 0.5) is 0 Å². The standard InChI is InChI=1S/C17H18Br2O2/c1-3-20-15-10-9-12(11-16(15)21-4-2)17(19)13-7-5-6-8-14(13)18/h5-11,17H,3-4H2,1-2H3. The topological polar surface area (TPSA) is 18.5 Å².